The number of benzene rings is 5. The Hall–Kier alpha value is -6.24. The van der Waals surface area contributed by atoms with Gasteiger partial charge in [0.2, 0.25) is 0 Å². The first-order valence-corrected chi connectivity index (χ1v) is 18.9. The standard InChI is InChI=1S/C44H38O11S/c1-2-56-44-38(54-43(49)33-26-16-7-17-27-33)37(53-42(48)32-24-14-6-15-25-32)36(52-41(47)31-22-12-5-13-23-31)35(55-44)34(51-40(46)30-20-10-4-11-21-30)28-50-39(45)29-18-8-3-9-19-29/h3-27,34-38,44H,2,28H2,1H3/t34-,35+,36+,37-,38-,44+/m0/s1. The van der Waals surface area contributed by atoms with E-state index >= 15 is 0 Å². The summed E-state index contributed by atoms with van der Waals surface area (Å²) in [5.41, 5.74) is -0.124. The van der Waals surface area contributed by atoms with Crippen LogP contribution in [-0.4, -0.2) is 78.2 Å². The number of hydrogen-bond acceptors (Lipinski definition) is 12. The van der Waals surface area contributed by atoms with Crippen molar-refractivity contribution < 1.29 is 52.4 Å². The van der Waals surface area contributed by atoms with E-state index in [1.807, 2.05) is 6.92 Å². The summed E-state index contributed by atoms with van der Waals surface area (Å²) in [7, 11) is 0. The number of carbonyl (C=O) groups is 5. The van der Waals surface area contributed by atoms with Gasteiger partial charge in [-0.25, -0.2) is 24.0 Å². The Kier molecular flexibility index (Phi) is 13.7. The van der Waals surface area contributed by atoms with Gasteiger partial charge in [0, 0.05) is 0 Å². The molecule has 0 amide bonds. The molecule has 1 aliphatic rings. The molecular weight excluding hydrogens is 737 g/mol. The van der Waals surface area contributed by atoms with Crippen molar-refractivity contribution in [1.82, 2.24) is 0 Å². The zero-order chi connectivity index (χ0) is 39.3. The second-order valence-corrected chi connectivity index (χ2v) is 13.8. The first-order chi connectivity index (χ1) is 27.3. The second kappa shape index (κ2) is 19.4. The molecule has 5 aromatic carbocycles. The summed E-state index contributed by atoms with van der Waals surface area (Å²) in [4.78, 5) is 68.4. The number of ether oxygens (including phenoxy) is 6. The van der Waals surface area contributed by atoms with Crippen LogP contribution in [0, 0.1) is 0 Å². The summed E-state index contributed by atoms with van der Waals surface area (Å²) < 4.78 is 36.8. The van der Waals surface area contributed by atoms with Gasteiger partial charge < -0.3 is 28.4 Å². The van der Waals surface area contributed by atoms with Gasteiger partial charge in [-0.15, -0.1) is 11.8 Å². The summed E-state index contributed by atoms with van der Waals surface area (Å²) in [5, 5.41) is 0. The molecular formula is C44H38O11S. The molecule has 5 aromatic rings. The van der Waals surface area contributed by atoms with Crippen molar-refractivity contribution in [2.45, 2.75) is 42.9 Å². The first-order valence-electron chi connectivity index (χ1n) is 17.9. The largest absolute Gasteiger partial charge is 0.458 e. The molecule has 11 nitrogen and oxygen atoms in total. The Morgan fingerprint density at radius 1 is 0.500 bits per heavy atom. The van der Waals surface area contributed by atoms with Crippen molar-refractivity contribution in [2.24, 2.45) is 0 Å². The minimum atomic E-state index is -1.60. The van der Waals surface area contributed by atoms with Crippen LogP contribution in [0.3, 0.4) is 0 Å². The molecule has 1 heterocycles. The molecule has 286 valence electrons. The van der Waals surface area contributed by atoms with Gasteiger partial charge in [-0.1, -0.05) is 97.9 Å². The second-order valence-electron chi connectivity index (χ2n) is 12.4. The minimum absolute atomic E-state index is 0.149. The lowest BCUT2D eigenvalue weighted by molar-refractivity contribution is -0.224. The highest BCUT2D eigenvalue weighted by molar-refractivity contribution is 7.99. The number of rotatable bonds is 14. The maximum Gasteiger partial charge on any atom is 0.338 e. The Labute approximate surface area is 327 Å². The van der Waals surface area contributed by atoms with Crippen LogP contribution in [-0.2, 0) is 28.4 Å². The van der Waals surface area contributed by atoms with Gasteiger partial charge in [-0.3, -0.25) is 0 Å². The van der Waals surface area contributed by atoms with Crippen LogP contribution in [0.2, 0.25) is 0 Å². The quantitative estimate of drug-likeness (QED) is 0.0831. The van der Waals surface area contributed by atoms with Crippen molar-refractivity contribution in [1.29, 1.82) is 0 Å². The highest BCUT2D eigenvalue weighted by Gasteiger charge is 2.56. The lowest BCUT2D eigenvalue weighted by Crippen LogP contribution is -2.64. The van der Waals surface area contributed by atoms with Crippen LogP contribution in [0.1, 0.15) is 58.7 Å². The van der Waals surface area contributed by atoms with Crippen LogP contribution in [0.25, 0.3) is 0 Å². The number of hydrogen-bond donors (Lipinski definition) is 0. The molecule has 0 bridgehead atoms. The lowest BCUT2D eigenvalue weighted by Gasteiger charge is -2.46. The molecule has 0 unspecified atom stereocenters. The molecule has 6 atom stereocenters. The zero-order valence-electron chi connectivity index (χ0n) is 30.2. The Morgan fingerprint density at radius 3 is 1.27 bits per heavy atom. The maximum atomic E-state index is 13.9. The van der Waals surface area contributed by atoms with Gasteiger partial charge in [0.25, 0.3) is 0 Å². The van der Waals surface area contributed by atoms with Gasteiger partial charge >= 0.3 is 29.8 Å². The van der Waals surface area contributed by atoms with Crippen LogP contribution < -0.4 is 0 Å². The molecule has 12 heteroatoms. The third kappa shape index (κ3) is 10.1. The molecule has 0 saturated carbocycles. The van der Waals surface area contributed by atoms with E-state index in [2.05, 4.69) is 0 Å². The van der Waals surface area contributed by atoms with Crippen LogP contribution in [0.15, 0.2) is 152 Å². The summed E-state index contributed by atoms with van der Waals surface area (Å²) in [5.74, 6) is -3.49. The molecule has 0 N–H and O–H groups in total. The molecule has 0 aliphatic carbocycles. The highest BCUT2D eigenvalue weighted by atomic mass is 32.2. The van der Waals surface area contributed by atoms with E-state index in [1.54, 1.807) is 140 Å². The minimum Gasteiger partial charge on any atom is -0.458 e. The predicted molar refractivity (Wildman–Crippen MR) is 206 cm³/mol. The van der Waals surface area contributed by atoms with Gasteiger partial charge in [-0.2, -0.15) is 0 Å². The molecule has 6 rings (SSSR count). The molecule has 0 radical (unpaired) electrons. The molecule has 0 aromatic heterocycles. The summed E-state index contributed by atoms with van der Waals surface area (Å²) in [6, 6.07) is 40.7. The lowest BCUT2D eigenvalue weighted by atomic mass is 9.94. The molecule has 1 saturated heterocycles. The Bertz CT molecular complexity index is 2070. The Morgan fingerprint density at radius 2 is 0.857 bits per heavy atom. The number of thioether (sulfide) groups is 1. The number of esters is 5. The van der Waals surface area contributed by atoms with E-state index in [1.165, 1.54) is 23.9 Å². The van der Waals surface area contributed by atoms with E-state index < -0.39 is 72.4 Å². The van der Waals surface area contributed by atoms with Gasteiger partial charge in [0.1, 0.15) is 18.1 Å². The van der Waals surface area contributed by atoms with E-state index in [-0.39, 0.29) is 27.8 Å². The number of carbonyl (C=O) groups excluding carboxylic acids is 5. The average molecular weight is 775 g/mol. The van der Waals surface area contributed by atoms with Gasteiger partial charge in [0.05, 0.1) is 27.8 Å². The fraction of sp³-hybridized carbons (Fsp3) is 0.205. The van der Waals surface area contributed by atoms with Crippen LogP contribution >= 0.6 is 11.8 Å². The van der Waals surface area contributed by atoms with E-state index in [4.69, 9.17) is 28.4 Å². The van der Waals surface area contributed by atoms with Crippen LogP contribution in [0.4, 0.5) is 0 Å². The first kappa shape index (κ1) is 39.5. The van der Waals surface area contributed by atoms with Crippen molar-refractivity contribution in [3.63, 3.8) is 0 Å². The normalized spacial score (nSPS) is 19.4. The molecule has 1 aliphatic heterocycles. The monoisotopic (exact) mass is 774 g/mol. The fourth-order valence-electron chi connectivity index (χ4n) is 5.92. The Balaban J connectivity index is 1.45. The molecule has 0 spiro atoms. The maximum absolute atomic E-state index is 13.9. The van der Waals surface area contributed by atoms with Crippen LogP contribution in [0.5, 0.6) is 0 Å². The summed E-state index contributed by atoms with van der Waals surface area (Å²) in [6.07, 6.45) is -7.38. The van der Waals surface area contributed by atoms with E-state index in [0.29, 0.717) is 5.75 Å². The third-order valence-electron chi connectivity index (χ3n) is 8.64. The van der Waals surface area contributed by atoms with E-state index in [9.17, 15) is 24.0 Å². The smallest absolute Gasteiger partial charge is 0.338 e. The van der Waals surface area contributed by atoms with Crippen molar-refractivity contribution in [3.05, 3.63) is 179 Å². The molecule has 1 fully saturated rings. The summed E-state index contributed by atoms with van der Waals surface area (Å²) in [6.45, 7) is 1.29. The topological polar surface area (TPSA) is 141 Å². The van der Waals surface area contributed by atoms with Crippen molar-refractivity contribution in [2.75, 3.05) is 12.4 Å². The summed E-state index contributed by atoms with van der Waals surface area (Å²) >= 11 is 1.22. The third-order valence-corrected chi connectivity index (χ3v) is 9.68. The van der Waals surface area contributed by atoms with Crippen molar-refractivity contribution >= 4 is 41.6 Å². The predicted octanol–water partition coefficient (Wildman–Crippen LogP) is 7.22. The van der Waals surface area contributed by atoms with E-state index in [0.717, 1.165) is 0 Å². The highest BCUT2D eigenvalue weighted by Crippen LogP contribution is 2.37. The molecule has 56 heavy (non-hydrogen) atoms. The van der Waals surface area contributed by atoms with Gasteiger partial charge in [-0.05, 0) is 66.4 Å². The average Bonchev–Trinajstić information content (AvgIpc) is 3.25. The van der Waals surface area contributed by atoms with Gasteiger partial charge in [0.15, 0.2) is 24.4 Å². The fourth-order valence-corrected chi connectivity index (χ4v) is 6.85. The van der Waals surface area contributed by atoms with Crippen molar-refractivity contribution in [3.8, 4) is 0 Å². The SMILES string of the molecule is CCS[C@H]1O[C@H]([C@H](COC(=O)c2ccccc2)OC(=O)c2ccccc2)[C@@H](OC(=O)c2ccccc2)[C@H](OC(=O)c2ccccc2)[C@@H]1OC(=O)c1ccccc1. The zero-order valence-corrected chi connectivity index (χ0v) is 31.0.